The highest BCUT2D eigenvalue weighted by Gasteiger charge is 2.54. The predicted octanol–water partition coefficient (Wildman–Crippen LogP) is 3.73. The number of hydrogen-bond acceptors (Lipinski definition) is 7. The number of rotatable bonds is 3. The number of ether oxygens (including phenoxy) is 1. The topological polar surface area (TPSA) is 105 Å². The van der Waals surface area contributed by atoms with Gasteiger partial charge in [-0.2, -0.15) is 10.4 Å². The zero-order valence-electron chi connectivity index (χ0n) is 21.3. The second-order valence-corrected chi connectivity index (χ2v) is 11.1. The van der Waals surface area contributed by atoms with E-state index < -0.39 is 5.60 Å². The highest BCUT2D eigenvalue weighted by molar-refractivity contribution is 5.76. The highest BCUT2D eigenvalue weighted by atomic mass is 16.6. The number of anilines is 1. The first kappa shape index (κ1) is 23.0. The monoisotopic (exact) mass is 496 g/mol. The quantitative estimate of drug-likeness (QED) is 0.426. The number of amides is 1. The number of aryl methyl sites for hydroxylation is 1. The molecule has 0 saturated carbocycles. The smallest absolute Gasteiger partial charge is 0.410 e. The molecule has 37 heavy (non-hydrogen) atoms. The number of fused-ring (bicyclic) bond motifs is 1. The van der Waals surface area contributed by atoms with Crippen molar-refractivity contribution in [2.24, 2.45) is 12.5 Å². The number of nitriles is 1. The lowest BCUT2D eigenvalue weighted by molar-refractivity contribution is -0.0454. The summed E-state index contributed by atoms with van der Waals surface area (Å²) >= 11 is 0. The molecular formula is C27H28N8O2. The summed E-state index contributed by atoms with van der Waals surface area (Å²) in [5.74, 6) is 0.899. The van der Waals surface area contributed by atoms with E-state index in [0.29, 0.717) is 24.4 Å². The number of pyridine rings is 2. The highest BCUT2D eigenvalue weighted by Crippen LogP contribution is 2.42. The minimum Gasteiger partial charge on any atom is -0.444 e. The minimum absolute atomic E-state index is 0.125. The van der Waals surface area contributed by atoms with E-state index in [2.05, 4.69) is 21.1 Å². The second kappa shape index (κ2) is 8.06. The molecule has 6 rings (SSSR count). The fourth-order valence-corrected chi connectivity index (χ4v) is 5.21. The van der Waals surface area contributed by atoms with Crippen LogP contribution in [0.4, 0.5) is 10.6 Å². The molecule has 2 aliphatic rings. The van der Waals surface area contributed by atoms with Gasteiger partial charge < -0.3 is 14.5 Å². The number of nitrogens with zero attached hydrogens (tertiary/aromatic N) is 8. The lowest BCUT2D eigenvalue weighted by Gasteiger charge is -2.60. The van der Waals surface area contributed by atoms with Crippen molar-refractivity contribution in [3.05, 3.63) is 54.7 Å². The Morgan fingerprint density at radius 2 is 1.81 bits per heavy atom. The summed E-state index contributed by atoms with van der Waals surface area (Å²) in [7, 11) is 1.88. The van der Waals surface area contributed by atoms with E-state index in [4.69, 9.17) is 9.72 Å². The molecule has 1 amide bonds. The van der Waals surface area contributed by atoms with Crippen LogP contribution in [0.25, 0.3) is 28.0 Å². The van der Waals surface area contributed by atoms with E-state index in [1.807, 2.05) is 75.1 Å². The molecule has 4 aromatic rings. The molecule has 0 unspecified atom stereocenters. The molecule has 2 saturated heterocycles. The van der Waals surface area contributed by atoms with Gasteiger partial charge in [0, 0.05) is 62.2 Å². The summed E-state index contributed by atoms with van der Waals surface area (Å²) in [4.78, 5) is 25.5. The fraction of sp³-hybridized carbons (Fsp3) is 0.370. The zero-order valence-corrected chi connectivity index (χ0v) is 21.3. The normalized spacial score (nSPS) is 16.4. The maximum Gasteiger partial charge on any atom is 0.410 e. The van der Waals surface area contributed by atoms with E-state index in [9.17, 15) is 10.1 Å². The van der Waals surface area contributed by atoms with Gasteiger partial charge >= 0.3 is 6.09 Å². The van der Waals surface area contributed by atoms with E-state index in [1.54, 1.807) is 15.8 Å². The molecule has 0 N–H and O–H groups in total. The van der Waals surface area contributed by atoms with Crippen LogP contribution < -0.4 is 4.90 Å². The van der Waals surface area contributed by atoms with Crippen LogP contribution in [0.1, 0.15) is 26.5 Å². The Bertz CT molecular complexity index is 1540. The van der Waals surface area contributed by atoms with Crippen molar-refractivity contribution in [3.8, 4) is 28.5 Å². The first-order valence-electron chi connectivity index (χ1n) is 12.2. The van der Waals surface area contributed by atoms with Crippen LogP contribution in [-0.2, 0) is 11.8 Å². The van der Waals surface area contributed by atoms with Crippen LogP contribution in [0, 0.1) is 16.7 Å². The molecule has 0 atom stereocenters. The second-order valence-electron chi connectivity index (χ2n) is 11.1. The lowest BCUT2D eigenvalue weighted by atomic mass is 9.73. The molecule has 6 heterocycles. The Labute approximate surface area is 214 Å². The molecule has 1 spiro atoms. The van der Waals surface area contributed by atoms with Gasteiger partial charge in [-0.3, -0.25) is 9.08 Å². The van der Waals surface area contributed by atoms with Crippen LogP contribution in [-0.4, -0.2) is 66.9 Å². The summed E-state index contributed by atoms with van der Waals surface area (Å²) in [6.45, 7) is 8.80. The third kappa shape index (κ3) is 4.06. The SMILES string of the molecule is Cn1cc(-c2cc(-c3ccc(N4CC5(CN(C(=O)OC(C)(C)C)C5)C4)nc3)n3c(C#N)cnc3c2)cn1. The predicted molar refractivity (Wildman–Crippen MR) is 138 cm³/mol. The first-order valence-corrected chi connectivity index (χ1v) is 12.2. The molecule has 0 aromatic carbocycles. The molecular weight excluding hydrogens is 468 g/mol. The van der Waals surface area contributed by atoms with E-state index in [0.717, 1.165) is 41.3 Å². The standard InChI is InChI=1S/C27H28N8O2/c1-26(2,3)37-25(36)34-16-27(17-34)14-33(15-27)23-6-5-18(10-29-23)22-7-19(20-11-31-32(4)13-20)8-24-30-12-21(9-28)35(22)24/h5-8,10-13H,14-17H2,1-4H3. The van der Waals surface area contributed by atoms with Crippen molar-refractivity contribution >= 4 is 17.6 Å². The van der Waals surface area contributed by atoms with Gasteiger partial charge in [-0.25, -0.2) is 14.8 Å². The number of hydrogen-bond donors (Lipinski definition) is 0. The third-order valence-electron chi connectivity index (χ3n) is 6.88. The molecule has 2 aliphatic heterocycles. The average molecular weight is 497 g/mol. The number of carbonyl (C=O) groups is 1. The van der Waals surface area contributed by atoms with Crippen molar-refractivity contribution in [1.29, 1.82) is 5.26 Å². The molecule has 10 nitrogen and oxygen atoms in total. The Balaban J connectivity index is 1.21. The van der Waals surface area contributed by atoms with Crippen molar-refractivity contribution in [2.75, 3.05) is 31.1 Å². The summed E-state index contributed by atoms with van der Waals surface area (Å²) < 4.78 is 9.10. The van der Waals surface area contributed by atoms with E-state index >= 15 is 0 Å². The molecule has 0 radical (unpaired) electrons. The van der Waals surface area contributed by atoms with Crippen molar-refractivity contribution in [1.82, 2.24) is 29.0 Å². The number of imidazole rings is 1. The maximum atomic E-state index is 12.3. The van der Waals surface area contributed by atoms with Crippen molar-refractivity contribution < 1.29 is 9.53 Å². The minimum atomic E-state index is -0.481. The Morgan fingerprint density at radius 3 is 2.43 bits per heavy atom. The van der Waals surface area contributed by atoms with Gasteiger partial charge in [0.25, 0.3) is 0 Å². The Hall–Kier alpha value is -4.39. The summed E-state index contributed by atoms with van der Waals surface area (Å²) in [6, 6.07) is 10.3. The fourth-order valence-electron chi connectivity index (χ4n) is 5.21. The zero-order chi connectivity index (χ0) is 25.9. The number of likely N-dealkylation sites (tertiary alicyclic amines) is 1. The van der Waals surface area contributed by atoms with Crippen LogP contribution in [0.2, 0.25) is 0 Å². The molecule has 2 fully saturated rings. The largest absolute Gasteiger partial charge is 0.444 e. The van der Waals surface area contributed by atoms with Crippen molar-refractivity contribution in [3.63, 3.8) is 0 Å². The molecule has 0 bridgehead atoms. The third-order valence-corrected chi connectivity index (χ3v) is 6.88. The van der Waals surface area contributed by atoms with Crippen LogP contribution in [0.3, 0.4) is 0 Å². The molecule has 10 heteroatoms. The average Bonchev–Trinajstić information content (AvgIpc) is 3.42. The van der Waals surface area contributed by atoms with Gasteiger partial charge in [-0.15, -0.1) is 0 Å². The number of carbonyl (C=O) groups excluding carboxylic acids is 1. The Kier molecular flexibility index (Phi) is 5.02. The Morgan fingerprint density at radius 1 is 1.03 bits per heavy atom. The first-order chi connectivity index (χ1) is 17.6. The summed E-state index contributed by atoms with van der Waals surface area (Å²) in [5.41, 5.74) is 4.49. The molecule has 4 aromatic heterocycles. The number of aromatic nitrogens is 5. The molecule has 188 valence electrons. The van der Waals surface area contributed by atoms with Gasteiger partial charge in [0.1, 0.15) is 28.8 Å². The van der Waals surface area contributed by atoms with Gasteiger partial charge in [0.2, 0.25) is 0 Å². The van der Waals surface area contributed by atoms with Gasteiger partial charge in [0.15, 0.2) is 0 Å². The van der Waals surface area contributed by atoms with Gasteiger partial charge in [0.05, 0.1) is 18.1 Å². The summed E-state index contributed by atoms with van der Waals surface area (Å²) in [5, 5.41) is 13.9. The van der Waals surface area contributed by atoms with E-state index in [-0.39, 0.29) is 11.5 Å². The van der Waals surface area contributed by atoms with Crippen LogP contribution >= 0.6 is 0 Å². The summed E-state index contributed by atoms with van der Waals surface area (Å²) in [6.07, 6.45) is 6.96. The molecule has 0 aliphatic carbocycles. The van der Waals surface area contributed by atoms with Crippen LogP contribution in [0.5, 0.6) is 0 Å². The van der Waals surface area contributed by atoms with Crippen molar-refractivity contribution in [2.45, 2.75) is 26.4 Å². The maximum absolute atomic E-state index is 12.3. The van der Waals surface area contributed by atoms with Gasteiger partial charge in [-0.05, 0) is 50.6 Å². The van der Waals surface area contributed by atoms with E-state index in [1.165, 1.54) is 0 Å². The van der Waals surface area contributed by atoms with Gasteiger partial charge in [-0.1, -0.05) is 0 Å². The lowest BCUT2D eigenvalue weighted by Crippen LogP contribution is -2.73. The van der Waals surface area contributed by atoms with Crippen LogP contribution in [0.15, 0.2) is 49.1 Å².